The summed E-state index contributed by atoms with van der Waals surface area (Å²) >= 11 is 3.36. The Hall–Kier alpha value is -2.34. The average molecular weight is 362 g/mol. The van der Waals surface area contributed by atoms with Crippen LogP contribution in [0.5, 0.6) is 5.75 Å². The minimum absolute atomic E-state index is 0.0963. The molecule has 0 aliphatic rings. The summed E-state index contributed by atoms with van der Waals surface area (Å²) in [5.41, 5.74) is 2.56. The molecule has 0 aromatic heterocycles. The number of hydrogen-bond donors (Lipinski definition) is 2. The summed E-state index contributed by atoms with van der Waals surface area (Å²) < 4.78 is 6.40. The summed E-state index contributed by atoms with van der Waals surface area (Å²) in [5.74, 6) is 5.47. The van der Waals surface area contributed by atoms with Gasteiger partial charge in [-0.25, -0.2) is 0 Å². The molecule has 0 spiro atoms. The molecule has 3 N–H and O–H groups in total. The van der Waals surface area contributed by atoms with Gasteiger partial charge in [0.25, 0.3) is 5.91 Å². The molecular formula is C16H16BrN3O2. The second-order valence-corrected chi connectivity index (χ2v) is 5.58. The molecule has 0 fully saturated rings. The van der Waals surface area contributed by atoms with E-state index in [1.165, 1.54) is 6.21 Å². The summed E-state index contributed by atoms with van der Waals surface area (Å²) in [6.45, 7) is 1.89. The maximum atomic E-state index is 11.9. The van der Waals surface area contributed by atoms with Gasteiger partial charge in [-0.2, -0.15) is 5.10 Å². The van der Waals surface area contributed by atoms with E-state index in [-0.39, 0.29) is 12.5 Å². The SMILES string of the molecule is Cc1ccc(NC(=O)COc2ccc(Br)cc2C=NN)cc1. The highest BCUT2D eigenvalue weighted by Crippen LogP contribution is 2.21. The molecule has 22 heavy (non-hydrogen) atoms. The summed E-state index contributed by atoms with van der Waals surface area (Å²) in [6, 6.07) is 12.9. The van der Waals surface area contributed by atoms with E-state index >= 15 is 0 Å². The molecule has 0 saturated carbocycles. The summed E-state index contributed by atoms with van der Waals surface area (Å²) in [7, 11) is 0. The molecule has 5 nitrogen and oxygen atoms in total. The zero-order chi connectivity index (χ0) is 15.9. The Balaban J connectivity index is 1.97. The molecule has 0 radical (unpaired) electrons. The van der Waals surface area contributed by atoms with Crippen LogP contribution >= 0.6 is 15.9 Å². The fraction of sp³-hybridized carbons (Fsp3) is 0.125. The van der Waals surface area contributed by atoms with Crippen molar-refractivity contribution in [3.05, 3.63) is 58.1 Å². The standard InChI is InChI=1S/C16H16BrN3O2/c1-11-2-5-14(6-3-11)20-16(21)10-22-15-7-4-13(17)8-12(15)9-19-18/h2-9H,10,18H2,1H3,(H,20,21). The lowest BCUT2D eigenvalue weighted by Crippen LogP contribution is -2.20. The van der Waals surface area contributed by atoms with Crippen LogP contribution in [0.4, 0.5) is 5.69 Å². The number of anilines is 1. The maximum Gasteiger partial charge on any atom is 0.262 e. The van der Waals surface area contributed by atoms with Crippen LogP contribution in [-0.4, -0.2) is 18.7 Å². The number of carbonyl (C=O) groups excluding carboxylic acids is 1. The van der Waals surface area contributed by atoms with Crippen molar-refractivity contribution < 1.29 is 9.53 Å². The summed E-state index contributed by atoms with van der Waals surface area (Å²) in [6.07, 6.45) is 1.47. The van der Waals surface area contributed by atoms with E-state index in [1.807, 2.05) is 43.3 Å². The topological polar surface area (TPSA) is 76.7 Å². The van der Waals surface area contributed by atoms with Gasteiger partial charge in [-0.05, 0) is 37.3 Å². The number of aryl methyl sites for hydroxylation is 1. The van der Waals surface area contributed by atoms with Crippen LogP contribution in [0.15, 0.2) is 52.0 Å². The smallest absolute Gasteiger partial charge is 0.262 e. The molecular weight excluding hydrogens is 346 g/mol. The van der Waals surface area contributed by atoms with Crippen molar-refractivity contribution in [3.63, 3.8) is 0 Å². The third-order valence-electron chi connectivity index (χ3n) is 2.88. The molecule has 0 unspecified atom stereocenters. The van der Waals surface area contributed by atoms with Gasteiger partial charge in [0.05, 0.1) is 6.21 Å². The van der Waals surface area contributed by atoms with Crippen molar-refractivity contribution in [1.29, 1.82) is 0 Å². The lowest BCUT2D eigenvalue weighted by Gasteiger charge is -2.10. The van der Waals surface area contributed by atoms with Crippen molar-refractivity contribution >= 4 is 33.7 Å². The Morgan fingerprint density at radius 1 is 1.32 bits per heavy atom. The highest BCUT2D eigenvalue weighted by molar-refractivity contribution is 9.10. The van der Waals surface area contributed by atoms with Crippen LogP contribution in [0.1, 0.15) is 11.1 Å². The van der Waals surface area contributed by atoms with E-state index in [4.69, 9.17) is 10.6 Å². The van der Waals surface area contributed by atoms with E-state index in [0.717, 1.165) is 15.7 Å². The van der Waals surface area contributed by atoms with Crippen molar-refractivity contribution in [3.8, 4) is 5.75 Å². The van der Waals surface area contributed by atoms with Crippen LogP contribution in [-0.2, 0) is 4.79 Å². The van der Waals surface area contributed by atoms with Gasteiger partial charge in [-0.3, -0.25) is 4.79 Å². The Labute approximate surface area is 137 Å². The van der Waals surface area contributed by atoms with Crippen molar-refractivity contribution in [2.75, 3.05) is 11.9 Å². The number of hydrazone groups is 1. The zero-order valence-electron chi connectivity index (χ0n) is 12.0. The summed E-state index contributed by atoms with van der Waals surface area (Å²) in [4.78, 5) is 11.9. The molecule has 114 valence electrons. The van der Waals surface area contributed by atoms with Gasteiger partial charge >= 0.3 is 0 Å². The molecule has 2 aromatic rings. The third kappa shape index (κ3) is 4.60. The molecule has 0 bridgehead atoms. The average Bonchev–Trinajstić information content (AvgIpc) is 2.49. The minimum Gasteiger partial charge on any atom is -0.483 e. The van der Waals surface area contributed by atoms with Crippen molar-refractivity contribution in [2.24, 2.45) is 10.9 Å². The number of nitrogens with two attached hydrogens (primary N) is 1. The first kappa shape index (κ1) is 16.0. The number of halogens is 1. The van der Waals surface area contributed by atoms with Gasteiger partial charge in [-0.1, -0.05) is 33.6 Å². The quantitative estimate of drug-likeness (QED) is 0.488. The second kappa shape index (κ2) is 7.61. The zero-order valence-corrected chi connectivity index (χ0v) is 13.6. The fourth-order valence-electron chi connectivity index (χ4n) is 1.81. The van der Waals surface area contributed by atoms with E-state index in [2.05, 4.69) is 26.3 Å². The number of hydrogen-bond acceptors (Lipinski definition) is 4. The van der Waals surface area contributed by atoms with Gasteiger partial charge in [0, 0.05) is 15.7 Å². The lowest BCUT2D eigenvalue weighted by molar-refractivity contribution is -0.118. The molecule has 2 aromatic carbocycles. The second-order valence-electron chi connectivity index (χ2n) is 4.66. The molecule has 2 rings (SSSR count). The minimum atomic E-state index is -0.234. The number of rotatable bonds is 5. The third-order valence-corrected chi connectivity index (χ3v) is 3.37. The lowest BCUT2D eigenvalue weighted by atomic mass is 10.2. The van der Waals surface area contributed by atoms with Gasteiger partial charge in [0.1, 0.15) is 5.75 Å². The van der Waals surface area contributed by atoms with Crippen LogP contribution < -0.4 is 15.9 Å². The van der Waals surface area contributed by atoms with Crippen molar-refractivity contribution in [1.82, 2.24) is 0 Å². The van der Waals surface area contributed by atoms with E-state index in [1.54, 1.807) is 6.07 Å². The van der Waals surface area contributed by atoms with E-state index < -0.39 is 0 Å². The van der Waals surface area contributed by atoms with Crippen molar-refractivity contribution in [2.45, 2.75) is 6.92 Å². The Morgan fingerprint density at radius 2 is 2.05 bits per heavy atom. The van der Waals surface area contributed by atoms with Crippen LogP contribution in [0.25, 0.3) is 0 Å². The predicted molar refractivity (Wildman–Crippen MR) is 91.2 cm³/mol. The monoisotopic (exact) mass is 361 g/mol. The maximum absolute atomic E-state index is 11.9. The highest BCUT2D eigenvalue weighted by Gasteiger charge is 2.07. The van der Waals surface area contributed by atoms with Gasteiger partial charge in [-0.15, -0.1) is 0 Å². The van der Waals surface area contributed by atoms with Gasteiger partial charge < -0.3 is 15.9 Å². The molecule has 0 saturated heterocycles. The predicted octanol–water partition coefficient (Wildman–Crippen LogP) is 3.07. The Morgan fingerprint density at radius 3 is 2.73 bits per heavy atom. The summed E-state index contributed by atoms with van der Waals surface area (Å²) in [5, 5.41) is 6.26. The fourth-order valence-corrected chi connectivity index (χ4v) is 2.19. The van der Waals surface area contributed by atoms with Gasteiger partial charge in [0.15, 0.2) is 6.61 Å². The number of benzene rings is 2. The molecule has 1 amide bonds. The molecule has 6 heteroatoms. The first-order valence-corrected chi connectivity index (χ1v) is 7.40. The molecule has 0 aliphatic carbocycles. The first-order valence-electron chi connectivity index (χ1n) is 6.60. The Bertz CT molecular complexity index is 684. The van der Waals surface area contributed by atoms with E-state index in [9.17, 15) is 4.79 Å². The number of ether oxygens (including phenoxy) is 1. The molecule has 0 heterocycles. The first-order chi connectivity index (χ1) is 10.6. The highest BCUT2D eigenvalue weighted by atomic mass is 79.9. The van der Waals surface area contributed by atoms with Crippen LogP contribution in [0, 0.1) is 6.92 Å². The Kier molecular flexibility index (Phi) is 5.55. The van der Waals surface area contributed by atoms with E-state index in [0.29, 0.717) is 11.3 Å². The number of nitrogens with one attached hydrogen (secondary N) is 1. The number of amides is 1. The van der Waals surface area contributed by atoms with Crippen LogP contribution in [0.2, 0.25) is 0 Å². The number of carbonyl (C=O) groups is 1. The van der Waals surface area contributed by atoms with Crippen LogP contribution in [0.3, 0.4) is 0 Å². The largest absolute Gasteiger partial charge is 0.483 e. The number of nitrogens with zero attached hydrogens (tertiary/aromatic N) is 1. The van der Waals surface area contributed by atoms with Gasteiger partial charge in [0.2, 0.25) is 0 Å². The molecule has 0 aliphatic heterocycles. The normalized spacial score (nSPS) is 10.6. The molecule has 0 atom stereocenters.